The third-order valence-electron chi connectivity index (χ3n) is 2.35. The molecule has 0 bridgehead atoms. The Balaban J connectivity index is 2.44. The van der Waals surface area contributed by atoms with E-state index >= 15 is 0 Å². The second-order valence-electron chi connectivity index (χ2n) is 3.16. The molecule has 14 heavy (non-hydrogen) atoms. The lowest BCUT2D eigenvalue weighted by Crippen LogP contribution is -2.46. The largest absolute Gasteiger partial charge is 0.394 e. The van der Waals surface area contributed by atoms with Crippen molar-refractivity contribution in [3.8, 4) is 0 Å². The van der Waals surface area contributed by atoms with Gasteiger partial charge in [-0.25, -0.2) is 4.68 Å². The Labute approximate surface area is 78.4 Å². The molecule has 2 heterocycles. The first-order valence-corrected chi connectivity index (χ1v) is 4.09. The third-order valence-corrected chi connectivity index (χ3v) is 2.35. The number of tetrazole rings is 1. The van der Waals surface area contributed by atoms with E-state index in [9.17, 15) is 15.3 Å². The van der Waals surface area contributed by atoms with E-state index < -0.39 is 31.0 Å². The summed E-state index contributed by atoms with van der Waals surface area (Å²) >= 11 is 0. The van der Waals surface area contributed by atoms with Crippen molar-refractivity contribution in [2.75, 3.05) is 6.61 Å². The Morgan fingerprint density at radius 3 is 2.57 bits per heavy atom. The van der Waals surface area contributed by atoms with Gasteiger partial charge in [0.1, 0.15) is 24.4 Å². The first-order valence-electron chi connectivity index (χ1n) is 4.09. The highest BCUT2D eigenvalue weighted by atomic mass is 16.4. The van der Waals surface area contributed by atoms with Crippen molar-refractivity contribution in [3.63, 3.8) is 0 Å². The molecule has 0 saturated carbocycles. The number of aromatic nitrogens is 4. The van der Waals surface area contributed by atoms with E-state index in [1.54, 1.807) is 0 Å². The van der Waals surface area contributed by atoms with Gasteiger partial charge in [0.15, 0.2) is 5.82 Å². The van der Waals surface area contributed by atoms with Gasteiger partial charge in [-0.15, -0.1) is 5.10 Å². The number of rotatable bonds is 1. The van der Waals surface area contributed by atoms with Crippen LogP contribution in [-0.4, -0.2) is 59.4 Å². The molecule has 4 N–H and O–H groups in total. The van der Waals surface area contributed by atoms with Crippen molar-refractivity contribution in [2.24, 2.45) is 0 Å². The van der Waals surface area contributed by atoms with Crippen molar-refractivity contribution in [2.45, 2.75) is 24.4 Å². The Hall–Kier alpha value is -1.09. The molecule has 78 valence electrons. The minimum Gasteiger partial charge on any atom is -0.394 e. The molecule has 0 radical (unpaired) electrons. The molecule has 0 spiro atoms. The van der Waals surface area contributed by atoms with E-state index in [0.717, 1.165) is 4.68 Å². The van der Waals surface area contributed by atoms with Crippen LogP contribution < -0.4 is 0 Å². The second kappa shape index (κ2) is 3.24. The molecule has 8 heteroatoms. The van der Waals surface area contributed by atoms with Crippen molar-refractivity contribution >= 4 is 0 Å². The van der Waals surface area contributed by atoms with Crippen LogP contribution in [0.15, 0.2) is 0 Å². The van der Waals surface area contributed by atoms with Gasteiger partial charge in [0, 0.05) is 0 Å². The summed E-state index contributed by atoms with van der Waals surface area (Å²) in [4.78, 5) is 0. The Morgan fingerprint density at radius 2 is 1.93 bits per heavy atom. The molecule has 8 nitrogen and oxygen atoms in total. The molecule has 0 fully saturated rings. The topological polar surface area (TPSA) is 125 Å². The van der Waals surface area contributed by atoms with E-state index in [1.165, 1.54) is 0 Å². The van der Waals surface area contributed by atoms with Crippen LogP contribution in [0.5, 0.6) is 0 Å². The Bertz CT molecular complexity index is 329. The average molecular weight is 202 g/mol. The van der Waals surface area contributed by atoms with Gasteiger partial charge in [-0.1, -0.05) is 0 Å². The van der Waals surface area contributed by atoms with E-state index in [-0.39, 0.29) is 5.82 Å². The number of nitrogens with zero attached hydrogens (tertiary/aromatic N) is 4. The van der Waals surface area contributed by atoms with Crippen LogP contribution in [0, 0.1) is 0 Å². The van der Waals surface area contributed by atoms with Crippen LogP contribution in [0.1, 0.15) is 18.0 Å². The highest BCUT2D eigenvalue weighted by molar-refractivity contribution is 5.02. The lowest BCUT2D eigenvalue weighted by molar-refractivity contribution is -0.112. The van der Waals surface area contributed by atoms with Crippen molar-refractivity contribution in [1.29, 1.82) is 0 Å². The first-order chi connectivity index (χ1) is 6.66. The molecular formula is C6H10N4O4. The molecule has 1 aromatic heterocycles. The van der Waals surface area contributed by atoms with Crippen molar-refractivity contribution in [3.05, 3.63) is 5.82 Å². The fourth-order valence-corrected chi connectivity index (χ4v) is 1.53. The van der Waals surface area contributed by atoms with Crippen LogP contribution in [-0.2, 0) is 0 Å². The summed E-state index contributed by atoms with van der Waals surface area (Å²) in [5.41, 5.74) is 0. The molecule has 0 amide bonds. The average Bonchev–Trinajstić information content (AvgIpc) is 2.64. The molecule has 1 aliphatic heterocycles. The maximum atomic E-state index is 9.49. The molecular weight excluding hydrogens is 192 g/mol. The summed E-state index contributed by atoms with van der Waals surface area (Å²) in [6.45, 7) is -0.414. The second-order valence-corrected chi connectivity index (χ2v) is 3.16. The SMILES string of the molecule is OCC1C(O)C(O)C(O)c2nnnn21. The zero-order chi connectivity index (χ0) is 10.3. The van der Waals surface area contributed by atoms with Gasteiger partial charge in [-0.2, -0.15) is 0 Å². The Kier molecular flexibility index (Phi) is 2.19. The molecule has 0 aliphatic carbocycles. The number of aliphatic hydroxyl groups is 4. The standard InChI is InChI=1S/C6H10N4O4/c11-1-2-3(12)4(13)5(14)6-7-8-9-10(2)6/h2-5,11-14H,1H2. The van der Waals surface area contributed by atoms with E-state index in [1.807, 2.05) is 0 Å². The summed E-state index contributed by atoms with van der Waals surface area (Å²) < 4.78 is 1.11. The van der Waals surface area contributed by atoms with Crippen LogP contribution in [0.25, 0.3) is 0 Å². The highest BCUT2D eigenvalue weighted by Gasteiger charge is 2.42. The van der Waals surface area contributed by atoms with E-state index in [4.69, 9.17) is 5.11 Å². The number of aliphatic hydroxyl groups excluding tert-OH is 4. The fraction of sp³-hybridized carbons (Fsp3) is 0.833. The van der Waals surface area contributed by atoms with Crippen LogP contribution in [0.2, 0.25) is 0 Å². The lowest BCUT2D eigenvalue weighted by Gasteiger charge is -2.33. The first kappa shape index (κ1) is 9.46. The third kappa shape index (κ3) is 1.12. The summed E-state index contributed by atoms with van der Waals surface area (Å²) in [5.74, 6) is 0.0434. The minimum absolute atomic E-state index is 0.0434. The van der Waals surface area contributed by atoms with Gasteiger partial charge in [0.2, 0.25) is 0 Å². The van der Waals surface area contributed by atoms with E-state index in [2.05, 4.69) is 15.5 Å². The summed E-state index contributed by atoms with van der Waals surface area (Å²) in [6.07, 6.45) is -4.00. The molecule has 4 unspecified atom stereocenters. The zero-order valence-corrected chi connectivity index (χ0v) is 7.09. The summed E-state index contributed by atoms with van der Waals surface area (Å²) in [5, 5.41) is 47.6. The molecule has 2 rings (SSSR count). The van der Waals surface area contributed by atoms with Crippen molar-refractivity contribution in [1.82, 2.24) is 20.2 Å². The molecule has 0 saturated heterocycles. The van der Waals surface area contributed by atoms with Gasteiger partial charge < -0.3 is 20.4 Å². The highest BCUT2D eigenvalue weighted by Crippen LogP contribution is 2.29. The van der Waals surface area contributed by atoms with Crippen molar-refractivity contribution < 1.29 is 20.4 Å². The fourth-order valence-electron chi connectivity index (χ4n) is 1.53. The molecule has 4 atom stereocenters. The lowest BCUT2D eigenvalue weighted by atomic mass is 9.97. The van der Waals surface area contributed by atoms with Crippen LogP contribution >= 0.6 is 0 Å². The normalized spacial score (nSPS) is 36.9. The summed E-state index contributed by atoms with van der Waals surface area (Å²) in [7, 11) is 0. The van der Waals surface area contributed by atoms with Gasteiger partial charge in [0.05, 0.1) is 6.61 Å². The predicted molar refractivity (Wildman–Crippen MR) is 40.9 cm³/mol. The molecule has 1 aliphatic rings. The smallest absolute Gasteiger partial charge is 0.183 e. The monoisotopic (exact) mass is 202 g/mol. The van der Waals surface area contributed by atoms with Crippen LogP contribution in [0.3, 0.4) is 0 Å². The maximum absolute atomic E-state index is 9.49. The zero-order valence-electron chi connectivity index (χ0n) is 7.09. The molecule has 0 aromatic carbocycles. The maximum Gasteiger partial charge on any atom is 0.183 e. The minimum atomic E-state index is -1.38. The van der Waals surface area contributed by atoms with Gasteiger partial charge in [-0.3, -0.25) is 0 Å². The quantitative estimate of drug-likeness (QED) is 0.382. The van der Waals surface area contributed by atoms with Gasteiger partial charge in [0.25, 0.3) is 0 Å². The van der Waals surface area contributed by atoms with Crippen LogP contribution in [0.4, 0.5) is 0 Å². The number of fused-ring (bicyclic) bond motifs is 1. The van der Waals surface area contributed by atoms with Gasteiger partial charge >= 0.3 is 0 Å². The van der Waals surface area contributed by atoms with E-state index in [0.29, 0.717) is 0 Å². The predicted octanol–water partition coefficient (Wildman–Crippen LogP) is -3.02. The number of hydrogen-bond donors (Lipinski definition) is 4. The van der Waals surface area contributed by atoms with Gasteiger partial charge in [-0.05, 0) is 10.4 Å². The summed E-state index contributed by atoms with van der Waals surface area (Å²) in [6, 6.07) is -0.821. The Morgan fingerprint density at radius 1 is 1.21 bits per heavy atom. The molecule has 1 aromatic rings. The number of hydrogen-bond acceptors (Lipinski definition) is 7.